The molecular weight excluding hydrogens is 342 g/mol. The molecular formula is C14H9BrClN3O. The summed E-state index contributed by atoms with van der Waals surface area (Å²) in [5, 5.41) is 1.45. The summed E-state index contributed by atoms with van der Waals surface area (Å²) >= 11 is 9.18. The molecule has 2 heterocycles. The molecule has 3 aromatic rings. The summed E-state index contributed by atoms with van der Waals surface area (Å²) in [6.45, 7) is 0.314. The molecule has 0 aliphatic rings. The topological polar surface area (TPSA) is 47.8 Å². The molecule has 0 bridgehead atoms. The Morgan fingerprint density at radius 3 is 2.65 bits per heavy atom. The van der Waals surface area contributed by atoms with Crippen molar-refractivity contribution < 1.29 is 0 Å². The van der Waals surface area contributed by atoms with Crippen LogP contribution in [0.5, 0.6) is 0 Å². The average molecular weight is 351 g/mol. The maximum Gasteiger partial charge on any atom is 0.251 e. The van der Waals surface area contributed by atoms with Crippen molar-refractivity contribution >= 4 is 38.4 Å². The number of aromatic nitrogens is 3. The molecule has 0 aliphatic carbocycles. The number of rotatable bonds is 2. The van der Waals surface area contributed by atoms with Gasteiger partial charge in [-0.3, -0.25) is 4.79 Å². The fraction of sp³-hybridized carbons (Fsp3) is 0.0714. The Hall–Kier alpha value is -1.72. The van der Waals surface area contributed by atoms with Gasteiger partial charge in [-0.25, -0.2) is 9.97 Å². The Morgan fingerprint density at radius 1 is 1.15 bits per heavy atom. The van der Waals surface area contributed by atoms with Gasteiger partial charge in [-0.2, -0.15) is 0 Å². The first kappa shape index (κ1) is 13.3. The maximum absolute atomic E-state index is 12.1. The Morgan fingerprint density at radius 2 is 1.90 bits per heavy atom. The van der Waals surface area contributed by atoms with Crippen molar-refractivity contribution in [1.82, 2.24) is 14.5 Å². The van der Waals surface area contributed by atoms with E-state index < -0.39 is 0 Å². The van der Waals surface area contributed by atoms with Crippen LogP contribution in [0.2, 0.25) is 5.02 Å². The summed E-state index contributed by atoms with van der Waals surface area (Å²) in [6, 6.07) is 9.12. The molecule has 6 heteroatoms. The van der Waals surface area contributed by atoms with Crippen LogP contribution in [0.4, 0.5) is 0 Å². The molecule has 0 aliphatic heterocycles. The van der Waals surface area contributed by atoms with Crippen LogP contribution < -0.4 is 5.56 Å². The molecule has 1 aromatic carbocycles. The fourth-order valence-electron chi connectivity index (χ4n) is 2.00. The normalized spacial score (nSPS) is 10.9. The van der Waals surface area contributed by atoms with Gasteiger partial charge in [0.25, 0.3) is 5.56 Å². The highest BCUT2D eigenvalue weighted by atomic mass is 79.9. The summed E-state index contributed by atoms with van der Waals surface area (Å²) in [6.07, 6.45) is 3.05. The molecule has 0 fully saturated rings. The minimum absolute atomic E-state index is 0.0848. The van der Waals surface area contributed by atoms with Crippen LogP contribution in [-0.4, -0.2) is 14.5 Å². The van der Waals surface area contributed by atoms with Crippen LogP contribution >= 0.6 is 27.5 Å². The minimum atomic E-state index is -0.0848. The third kappa shape index (κ3) is 2.59. The molecule has 20 heavy (non-hydrogen) atoms. The summed E-state index contributed by atoms with van der Waals surface area (Å²) < 4.78 is 2.61. The van der Waals surface area contributed by atoms with Crippen molar-refractivity contribution in [2.45, 2.75) is 6.54 Å². The minimum Gasteiger partial charge on any atom is -0.301 e. The lowest BCUT2D eigenvalue weighted by Crippen LogP contribution is -2.21. The average Bonchev–Trinajstić information content (AvgIpc) is 2.44. The molecule has 0 saturated heterocycles. The zero-order valence-corrected chi connectivity index (χ0v) is 12.6. The molecule has 2 aromatic heterocycles. The Bertz CT molecular complexity index is 830. The summed E-state index contributed by atoms with van der Waals surface area (Å²) in [7, 11) is 0. The predicted molar refractivity (Wildman–Crippen MR) is 82.1 cm³/mol. The maximum atomic E-state index is 12.1. The zero-order chi connectivity index (χ0) is 14.1. The number of pyridine rings is 1. The highest BCUT2D eigenvalue weighted by Gasteiger charge is 2.06. The first-order chi connectivity index (χ1) is 9.63. The van der Waals surface area contributed by atoms with Crippen molar-refractivity contribution in [2.75, 3.05) is 0 Å². The highest BCUT2D eigenvalue weighted by Crippen LogP contribution is 2.18. The van der Waals surface area contributed by atoms with Crippen LogP contribution in [0, 0.1) is 0 Å². The van der Waals surface area contributed by atoms with Crippen molar-refractivity contribution in [3.05, 3.63) is 68.4 Å². The van der Waals surface area contributed by atoms with Crippen molar-refractivity contribution in [2.24, 2.45) is 0 Å². The third-order valence-electron chi connectivity index (χ3n) is 2.93. The zero-order valence-electron chi connectivity index (χ0n) is 10.3. The SMILES string of the molecule is O=c1ccc2cc(Br)ccc2n1Cc1ncc(Cl)cn1. The summed E-state index contributed by atoms with van der Waals surface area (Å²) in [4.78, 5) is 20.3. The molecule has 4 nitrogen and oxygen atoms in total. The largest absolute Gasteiger partial charge is 0.301 e. The second-order valence-electron chi connectivity index (χ2n) is 4.28. The van der Waals surface area contributed by atoms with Gasteiger partial charge in [-0.1, -0.05) is 27.5 Å². The molecule has 3 rings (SSSR count). The van der Waals surface area contributed by atoms with Crippen molar-refractivity contribution in [3.63, 3.8) is 0 Å². The predicted octanol–water partition coefficient (Wildman–Crippen LogP) is 3.26. The van der Waals surface area contributed by atoms with Gasteiger partial charge in [-0.15, -0.1) is 0 Å². The summed E-state index contributed by atoms with van der Waals surface area (Å²) in [5.74, 6) is 0.548. The monoisotopic (exact) mass is 349 g/mol. The molecule has 0 N–H and O–H groups in total. The van der Waals surface area contributed by atoms with E-state index in [4.69, 9.17) is 11.6 Å². The van der Waals surface area contributed by atoms with Gasteiger partial charge in [0.2, 0.25) is 0 Å². The van der Waals surface area contributed by atoms with E-state index in [1.807, 2.05) is 24.3 Å². The lowest BCUT2D eigenvalue weighted by atomic mass is 10.2. The third-order valence-corrected chi connectivity index (χ3v) is 3.61. The van der Waals surface area contributed by atoms with Gasteiger partial charge in [0.15, 0.2) is 0 Å². The van der Waals surface area contributed by atoms with E-state index in [-0.39, 0.29) is 5.56 Å². The smallest absolute Gasteiger partial charge is 0.251 e. The molecule has 0 saturated carbocycles. The Kier molecular flexibility index (Phi) is 3.54. The molecule has 0 amide bonds. The van der Waals surface area contributed by atoms with Crippen molar-refractivity contribution in [3.8, 4) is 0 Å². The second kappa shape index (κ2) is 5.34. The van der Waals surface area contributed by atoms with E-state index in [1.165, 1.54) is 12.4 Å². The van der Waals surface area contributed by atoms with E-state index in [1.54, 1.807) is 10.6 Å². The first-order valence-electron chi connectivity index (χ1n) is 5.89. The lowest BCUT2D eigenvalue weighted by Gasteiger charge is -2.09. The number of nitrogens with zero attached hydrogens (tertiary/aromatic N) is 3. The van der Waals surface area contributed by atoms with E-state index in [0.29, 0.717) is 17.4 Å². The quantitative estimate of drug-likeness (QED) is 0.713. The van der Waals surface area contributed by atoms with Crippen LogP contribution in [0.1, 0.15) is 5.82 Å². The number of hydrogen-bond donors (Lipinski definition) is 0. The van der Waals surface area contributed by atoms with Gasteiger partial charge in [0.05, 0.1) is 17.1 Å². The number of halogens is 2. The second-order valence-corrected chi connectivity index (χ2v) is 5.63. The van der Waals surface area contributed by atoms with Gasteiger partial charge in [-0.05, 0) is 29.7 Å². The Balaban J connectivity index is 2.12. The Labute approximate surface area is 128 Å². The lowest BCUT2D eigenvalue weighted by molar-refractivity contribution is 0.741. The first-order valence-corrected chi connectivity index (χ1v) is 7.06. The number of hydrogen-bond acceptors (Lipinski definition) is 3. The van der Waals surface area contributed by atoms with E-state index in [0.717, 1.165) is 15.4 Å². The van der Waals surface area contributed by atoms with E-state index in [9.17, 15) is 4.79 Å². The van der Waals surface area contributed by atoms with Crippen LogP contribution in [0.3, 0.4) is 0 Å². The van der Waals surface area contributed by atoms with E-state index in [2.05, 4.69) is 25.9 Å². The number of benzene rings is 1. The summed E-state index contributed by atoms with van der Waals surface area (Å²) in [5.41, 5.74) is 0.762. The number of fused-ring (bicyclic) bond motifs is 1. The van der Waals surface area contributed by atoms with Crippen LogP contribution in [-0.2, 0) is 6.54 Å². The van der Waals surface area contributed by atoms with Gasteiger partial charge in [0.1, 0.15) is 5.82 Å². The van der Waals surface area contributed by atoms with Crippen molar-refractivity contribution in [1.29, 1.82) is 0 Å². The molecule has 0 radical (unpaired) electrons. The van der Waals surface area contributed by atoms with Crippen LogP contribution in [0.25, 0.3) is 10.9 Å². The van der Waals surface area contributed by atoms with Crippen LogP contribution in [0.15, 0.2) is 52.0 Å². The van der Waals surface area contributed by atoms with Gasteiger partial charge in [0, 0.05) is 22.9 Å². The molecule has 0 atom stereocenters. The van der Waals surface area contributed by atoms with Gasteiger partial charge >= 0.3 is 0 Å². The van der Waals surface area contributed by atoms with E-state index >= 15 is 0 Å². The highest BCUT2D eigenvalue weighted by molar-refractivity contribution is 9.10. The standard InChI is InChI=1S/C14H9BrClN3O/c15-10-2-3-12-9(5-10)1-4-14(20)19(12)8-13-17-6-11(16)7-18-13/h1-7H,8H2. The molecule has 0 unspecified atom stereocenters. The molecule has 100 valence electrons. The van der Waals surface area contributed by atoms with Gasteiger partial charge < -0.3 is 4.57 Å². The fourth-order valence-corrected chi connectivity index (χ4v) is 2.48. The molecule has 0 spiro atoms.